The van der Waals surface area contributed by atoms with Crippen LogP contribution in [-0.4, -0.2) is 43.6 Å². The van der Waals surface area contributed by atoms with Crippen molar-refractivity contribution in [2.24, 2.45) is 5.92 Å². The maximum absolute atomic E-state index is 12.3. The lowest BCUT2D eigenvalue weighted by atomic mass is 9.98. The monoisotopic (exact) mass is 428 g/mol. The lowest BCUT2D eigenvalue weighted by Gasteiger charge is -2.18. The number of nitrogens with one attached hydrogen (secondary N) is 2. The minimum atomic E-state index is -0.511. The molecule has 0 spiro atoms. The molecule has 0 saturated carbocycles. The van der Waals surface area contributed by atoms with Crippen LogP contribution in [0.4, 0.5) is 0 Å². The minimum Gasteiger partial charge on any atom is -0.484 e. The van der Waals surface area contributed by atoms with E-state index in [1.807, 2.05) is 0 Å². The largest absolute Gasteiger partial charge is 0.484 e. The summed E-state index contributed by atoms with van der Waals surface area (Å²) in [4.78, 5) is 35.6. The topological polar surface area (TPSA) is 93.7 Å². The fourth-order valence-electron chi connectivity index (χ4n) is 2.71. The molecule has 1 saturated heterocycles. The van der Waals surface area contributed by atoms with Crippen molar-refractivity contribution in [2.45, 2.75) is 25.8 Å². The predicted molar refractivity (Wildman–Crippen MR) is 105 cm³/mol. The smallest absolute Gasteiger partial charge is 0.330 e. The molecular formula is C19H22Cl2N2O5. The fourth-order valence-corrected chi connectivity index (χ4v) is 3.00. The number of carbonyl (C=O) groups excluding carboxylic acids is 3. The second kappa shape index (κ2) is 10.9. The number of rotatable bonds is 9. The summed E-state index contributed by atoms with van der Waals surface area (Å²) in [7, 11) is 0. The number of carbonyl (C=O) groups is 3. The van der Waals surface area contributed by atoms with E-state index in [2.05, 4.69) is 10.6 Å². The van der Waals surface area contributed by atoms with E-state index in [0.717, 1.165) is 0 Å². The number of esters is 1. The van der Waals surface area contributed by atoms with Gasteiger partial charge in [-0.25, -0.2) is 4.79 Å². The maximum Gasteiger partial charge on any atom is 0.330 e. The highest BCUT2D eigenvalue weighted by Gasteiger charge is 2.27. The molecule has 2 atom stereocenters. The molecule has 0 bridgehead atoms. The van der Waals surface area contributed by atoms with Crippen LogP contribution in [0.25, 0.3) is 0 Å². The molecule has 1 heterocycles. The third-order valence-electron chi connectivity index (χ3n) is 4.06. The van der Waals surface area contributed by atoms with Crippen molar-refractivity contribution in [3.63, 3.8) is 0 Å². The standard InChI is InChI=1S/C19H22Cl2N2O5/c1-2-27-18(25)6-3-13(9-12-7-8-22-19(12)26)23-17(24)11-28-14-4-5-15(20)16(21)10-14/h3-6,10,12-13H,2,7-9,11H2,1H3,(H,22,26)(H,23,24)/b6-3+/t12-,13+/m0/s1. The zero-order valence-electron chi connectivity index (χ0n) is 15.4. The van der Waals surface area contributed by atoms with Gasteiger partial charge in [-0.05, 0) is 31.9 Å². The van der Waals surface area contributed by atoms with E-state index in [1.54, 1.807) is 19.1 Å². The summed E-state index contributed by atoms with van der Waals surface area (Å²) in [5.41, 5.74) is 0. The van der Waals surface area contributed by atoms with Gasteiger partial charge in [0.05, 0.1) is 16.7 Å². The highest BCUT2D eigenvalue weighted by molar-refractivity contribution is 6.42. The first-order valence-electron chi connectivity index (χ1n) is 8.89. The summed E-state index contributed by atoms with van der Waals surface area (Å²) in [5, 5.41) is 6.22. The molecule has 2 N–H and O–H groups in total. The van der Waals surface area contributed by atoms with Crippen molar-refractivity contribution in [2.75, 3.05) is 19.8 Å². The lowest BCUT2D eigenvalue weighted by Crippen LogP contribution is -2.39. The van der Waals surface area contributed by atoms with Crippen LogP contribution < -0.4 is 15.4 Å². The SMILES string of the molecule is CCOC(=O)/C=C/[C@H](C[C@@H]1CCNC1=O)NC(=O)COc1ccc(Cl)c(Cl)c1. The molecular weight excluding hydrogens is 407 g/mol. The number of hydrogen-bond acceptors (Lipinski definition) is 5. The van der Waals surface area contributed by atoms with Crippen molar-refractivity contribution in [1.29, 1.82) is 0 Å². The van der Waals surface area contributed by atoms with Gasteiger partial charge in [0.1, 0.15) is 5.75 Å². The number of ether oxygens (including phenoxy) is 2. The van der Waals surface area contributed by atoms with Gasteiger partial charge in [-0.2, -0.15) is 0 Å². The second-order valence-corrected chi connectivity index (χ2v) is 6.98. The summed E-state index contributed by atoms with van der Waals surface area (Å²) in [6.07, 6.45) is 3.83. The van der Waals surface area contributed by atoms with Gasteiger partial charge in [-0.1, -0.05) is 29.3 Å². The molecule has 28 heavy (non-hydrogen) atoms. The summed E-state index contributed by atoms with van der Waals surface area (Å²) in [5.74, 6) is -0.796. The predicted octanol–water partition coefficient (Wildman–Crippen LogP) is 2.50. The van der Waals surface area contributed by atoms with E-state index >= 15 is 0 Å². The Morgan fingerprint density at radius 3 is 2.79 bits per heavy atom. The highest BCUT2D eigenvalue weighted by Crippen LogP contribution is 2.26. The van der Waals surface area contributed by atoms with E-state index < -0.39 is 17.9 Å². The van der Waals surface area contributed by atoms with Crippen LogP contribution in [0, 0.1) is 5.92 Å². The number of halogens is 2. The van der Waals surface area contributed by atoms with Gasteiger partial charge in [0, 0.05) is 30.6 Å². The van der Waals surface area contributed by atoms with Crippen LogP contribution in [0.15, 0.2) is 30.4 Å². The Balaban J connectivity index is 1.94. The minimum absolute atomic E-state index is 0.0594. The van der Waals surface area contributed by atoms with Crippen LogP contribution in [0.3, 0.4) is 0 Å². The average molecular weight is 429 g/mol. The molecule has 0 aromatic heterocycles. The van der Waals surface area contributed by atoms with Gasteiger partial charge < -0.3 is 20.1 Å². The molecule has 0 aliphatic carbocycles. The zero-order chi connectivity index (χ0) is 20.5. The van der Waals surface area contributed by atoms with Crippen molar-refractivity contribution in [1.82, 2.24) is 10.6 Å². The van der Waals surface area contributed by atoms with Gasteiger partial charge in [-0.15, -0.1) is 0 Å². The average Bonchev–Trinajstić information content (AvgIpc) is 3.05. The van der Waals surface area contributed by atoms with Gasteiger partial charge in [0.2, 0.25) is 5.91 Å². The Hall–Kier alpha value is -2.25. The van der Waals surface area contributed by atoms with Crippen molar-refractivity contribution in [3.05, 3.63) is 40.4 Å². The van der Waals surface area contributed by atoms with Crippen molar-refractivity contribution < 1.29 is 23.9 Å². The summed E-state index contributed by atoms with van der Waals surface area (Å²) >= 11 is 11.8. The maximum atomic E-state index is 12.3. The third kappa shape index (κ3) is 7.05. The number of benzene rings is 1. The van der Waals surface area contributed by atoms with Crippen LogP contribution in [0.1, 0.15) is 19.8 Å². The molecule has 152 valence electrons. The van der Waals surface area contributed by atoms with Gasteiger partial charge in [0.25, 0.3) is 5.91 Å². The quantitative estimate of drug-likeness (QED) is 0.465. The Morgan fingerprint density at radius 1 is 1.36 bits per heavy atom. The second-order valence-electron chi connectivity index (χ2n) is 6.16. The van der Waals surface area contributed by atoms with Crippen LogP contribution >= 0.6 is 23.2 Å². The molecule has 0 unspecified atom stereocenters. The Kier molecular flexibility index (Phi) is 8.60. The fraction of sp³-hybridized carbons (Fsp3) is 0.421. The van der Waals surface area contributed by atoms with E-state index in [4.69, 9.17) is 32.7 Å². The Labute approximate surface area is 173 Å². The summed E-state index contributed by atoms with van der Waals surface area (Å²) in [6, 6.07) is 4.17. The highest BCUT2D eigenvalue weighted by atomic mass is 35.5. The molecule has 2 amide bonds. The molecule has 1 fully saturated rings. The van der Waals surface area contributed by atoms with Crippen LogP contribution in [-0.2, 0) is 19.1 Å². The summed E-state index contributed by atoms with van der Waals surface area (Å²) < 4.78 is 10.3. The molecule has 2 rings (SSSR count). The van der Waals surface area contributed by atoms with Crippen LogP contribution in [0.2, 0.25) is 10.0 Å². The first-order chi connectivity index (χ1) is 13.4. The van der Waals surface area contributed by atoms with Gasteiger partial charge >= 0.3 is 5.97 Å². The lowest BCUT2D eigenvalue weighted by molar-refractivity contribution is -0.137. The Bertz CT molecular complexity index is 754. The van der Waals surface area contributed by atoms with E-state index in [1.165, 1.54) is 18.2 Å². The van der Waals surface area contributed by atoms with Crippen molar-refractivity contribution >= 4 is 41.0 Å². The normalized spacial score (nSPS) is 17.2. The Morgan fingerprint density at radius 2 is 2.14 bits per heavy atom. The molecule has 1 aliphatic heterocycles. The third-order valence-corrected chi connectivity index (χ3v) is 4.80. The number of hydrogen-bond donors (Lipinski definition) is 2. The molecule has 0 radical (unpaired) electrons. The van der Waals surface area contributed by atoms with E-state index in [-0.39, 0.29) is 25.0 Å². The first kappa shape index (κ1) is 22.0. The zero-order valence-corrected chi connectivity index (χ0v) is 16.9. The molecule has 9 heteroatoms. The van der Waals surface area contributed by atoms with Gasteiger partial charge in [0.15, 0.2) is 6.61 Å². The molecule has 1 aliphatic rings. The molecule has 1 aromatic rings. The van der Waals surface area contributed by atoms with E-state index in [0.29, 0.717) is 35.2 Å². The molecule has 1 aromatic carbocycles. The van der Waals surface area contributed by atoms with Gasteiger partial charge in [-0.3, -0.25) is 9.59 Å². The van der Waals surface area contributed by atoms with E-state index in [9.17, 15) is 14.4 Å². The van der Waals surface area contributed by atoms with Crippen LogP contribution in [0.5, 0.6) is 5.75 Å². The molecule has 7 nitrogen and oxygen atoms in total. The summed E-state index contributed by atoms with van der Waals surface area (Å²) in [6.45, 7) is 2.31. The number of amides is 2. The first-order valence-corrected chi connectivity index (χ1v) is 9.64. The van der Waals surface area contributed by atoms with Crippen molar-refractivity contribution in [3.8, 4) is 5.75 Å².